The van der Waals surface area contributed by atoms with Crippen LogP contribution in [0.5, 0.6) is 11.9 Å². The zero-order valence-electron chi connectivity index (χ0n) is 24.0. The molecule has 10 nitrogen and oxygen atoms in total. The highest BCUT2D eigenvalue weighted by atomic mass is 16.5. The second-order valence-corrected chi connectivity index (χ2v) is 11.9. The molecule has 10 heteroatoms. The van der Waals surface area contributed by atoms with Crippen molar-refractivity contribution in [3.05, 3.63) is 23.9 Å². The van der Waals surface area contributed by atoms with Crippen LogP contribution >= 0.6 is 0 Å². The molecule has 5 atom stereocenters. The van der Waals surface area contributed by atoms with Crippen molar-refractivity contribution >= 4 is 17.8 Å². The number of carbonyl (C=O) groups is 3. The van der Waals surface area contributed by atoms with Crippen molar-refractivity contribution < 1.29 is 28.6 Å². The van der Waals surface area contributed by atoms with E-state index in [1.807, 2.05) is 26.8 Å². The third-order valence-electron chi connectivity index (χ3n) is 7.95. The van der Waals surface area contributed by atoms with Gasteiger partial charge < -0.3 is 24.4 Å². The van der Waals surface area contributed by atoms with Gasteiger partial charge in [-0.05, 0) is 45.4 Å². The molecule has 4 rings (SSSR count). The Morgan fingerprint density at radius 3 is 2.62 bits per heavy atom. The third-order valence-corrected chi connectivity index (χ3v) is 7.95. The van der Waals surface area contributed by atoms with E-state index >= 15 is 0 Å². The summed E-state index contributed by atoms with van der Waals surface area (Å²) < 4.78 is 16.9. The number of allylic oxidation sites excluding steroid dienone is 1. The molecule has 0 bridgehead atoms. The van der Waals surface area contributed by atoms with Gasteiger partial charge in [0.25, 0.3) is 0 Å². The van der Waals surface area contributed by atoms with Crippen LogP contribution in [0, 0.1) is 17.8 Å². The summed E-state index contributed by atoms with van der Waals surface area (Å²) >= 11 is 0. The summed E-state index contributed by atoms with van der Waals surface area (Å²) in [6.07, 6.45) is 7.51. The summed E-state index contributed by atoms with van der Waals surface area (Å²) in [5.74, 6) is -1.80. The summed E-state index contributed by atoms with van der Waals surface area (Å²) in [5.41, 5.74) is -0.569. The van der Waals surface area contributed by atoms with Gasteiger partial charge in [-0.15, -0.1) is 0 Å². The Kier molecular flexibility index (Phi) is 8.51. The van der Waals surface area contributed by atoms with E-state index in [0.29, 0.717) is 31.7 Å². The minimum Gasteiger partial charge on any atom is -0.474 e. The minimum absolute atomic E-state index is 0.0815. The van der Waals surface area contributed by atoms with Crippen molar-refractivity contribution in [2.75, 3.05) is 27.3 Å². The van der Waals surface area contributed by atoms with Gasteiger partial charge in [0.05, 0.1) is 31.2 Å². The molecule has 1 aromatic heterocycles. The Balaban J connectivity index is 1.60. The van der Waals surface area contributed by atoms with Crippen molar-refractivity contribution in [3.8, 4) is 11.9 Å². The topological polar surface area (TPSA) is 120 Å². The van der Waals surface area contributed by atoms with E-state index in [1.54, 1.807) is 24.9 Å². The average molecular weight is 543 g/mol. The van der Waals surface area contributed by atoms with Crippen LogP contribution < -0.4 is 14.8 Å². The molecule has 2 saturated carbocycles. The second kappa shape index (κ2) is 11.5. The molecule has 0 spiro atoms. The fraction of sp³-hybridized carbons (Fsp3) is 0.690. The normalized spacial score (nSPS) is 30.4. The van der Waals surface area contributed by atoms with Gasteiger partial charge in [0.2, 0.25) is 17.7 Å². The van der Waals surface area contributed by atoms with E-state index in [-0.39, 0.29) is 35.8 Å². The molecule has 2 amide bonds. The van der Waals surface area contributed by atoms with Crippen LogP contribution in [0.2, 0.25) is 0 Å². The van der Waals surface area contributed by atoms with E-state index in [0.717, 1.165) is 25.0 Å². The van der Waals surface area contributed by atoms with E-state index < -0.39 is 29.4 Å². The first-order valence-corrected chi connectivity index (χ1v) is 14.0. The number of ether oxygens (including phenoxy) is 3. The van der Waals surface area contributed by atoms with Crippen LogP contribution in [-0.4, -0.2) is 71.6 Å². The number of fused-ring (bicyclic) bond motifs is 2. The number of carbonyl (C=O) groups excluding carboxylic acids is 3. The van der Waals surface area contributed by atoms with Gasteiger partial charge in [0, 0.05) is 31.0 Å². The molecule has 0 radical (unpaired) electrons. The Morgan fingerprint density at radius 2 is 1.92 bits per heavy atom. The molecule has 2 heterocycles. The van der Waals surface area contributed by atoms with E-state index in [4.69, 9.17) is 14.2 Å². The molecule has 1 aliphatic heterocycles. The van der Waals surface area contributed by atoms with Gasteiger partial charge in [-0.3, -0.25) is 9.59 Å². The fourth-order valence-corrected chi connectivity index (χ4v) is 5.55. The monoisotopic (exact) mass is 542 g/mol. The smallest absolute Gasteiger partial charge is 0.332 e. The third kappa shape index (κ3) is 6.36. The number of nitrogens with one attached hydrogen (secondary N) is 1. The molecule has 2 fully saturated rings. The van der Waals surface area contributed by atoms with Crippen LogP contribution in [0.15, 0.2) is 18.2 Å². The van der Waals surface area contributed by atoms with Gasteiger partial charge >= 0.3 is 12.0 Å². The standard InChI is InChI=1S/C29H42N4O6/c1-7-38-26(36)29-17-18(29)12-10-8-9-11-13-33(5)25(35)21-15-19(14-20(21)24(34)32-29)39-23-16-22(28(2,3)4)30-27(31-23)37-6/h10,12,16,18-21H,7-9,11,13-15,17H2,1-6H3,(H,32,34)/b12-10-/t18-,19+,20+,21+,29+/m0/s1. The zero-order valence-corrected chi connectivity index (χ0v) is 24.0. The number of aromatic nitrogens is 2. The molecule has 2 aliphatic carbocycles. The second-order valence-electron chi connectivity index (χ2n) is 11.9. The lowest BCUT2D eigenvalue weighted by Crippen LogP contribution is -2.50. The highest BCUT2D eigenvalue weighted by molar-refractivity contribution is 5.95. The van der Waals surface area contributed by atoms with Gasteiger partial charge in [-0.25, -0.2) is 4.79 Å². The van der Waals surface area contributed by atoms with Gasteiger partial charge in [-0.2, -0.15) is 9.97 Å². The summed E-state index contributed by atoms with van der Waals surface area (Å²) in [6, 6.07) is 1.98. The predicted octanol–water partition coefficient (Wildman–Crippen LogP) is 3.19. The molecule has 0 saturated heterocycles. The number of nitrogens with zero attached hydrogens (tertiary/aromatic N) is 3. The van der Waals surface area contributed by atoms with Gasteiger partial charge in [-0.1, -0.05) is 32.9 Å². The zero-order chi connectivity index (χ0) is 28.4. The lowest BCUT2D eigenvalue weighted by Gasteiger charge is -2.26. The van der Waals surface area contributed by atoms with Crippen LogP contribution in [0.3, 0.4) is 0 Å². The van der Waals surface area contributed by atoms with Crippen molar-refractivity contribution in [2.45, 2.75) is 83.3 Å². The van der Waals surface area contributed by atoms with E-state index in [2.05, 4.69) is 21.4 Å². The van der Waals surface area contributed by atoms with Gasteiger partial charge in [0.15, 0.2) is 0 Å². The molecule has 1 aromatic rings. The van der Waals surface area contributed by atoms with Crippen LogP contribution in [0.25, 0.3) is 0 Å². The number of hydrogen-bond donors (Lipinski definition) is 1. The predicted molar refractivity (Wildman–Crippen MR) is 144 cm³/mol. The number of esters is 1. The molecule has 0 aromatic carbocycles. The first-order chi connectivity index (χ1) is 18.5. The Morgan fingerprint density at radius 1 is 1.18 bits per heavy atom. The Hall–Kier alpha value is -3.17. The fourth-order valence-electron chi connectivity index (χ4n) is 5.55. The molecule has 3 aliphatic rings. The van der Waals surface area contributed by atoms with E-state index in [9.17, 15) is 14.4 Å². The van der Waals surface area contributed by atoms with Crippen molar-refractivity contribution in [3.63, 3.8) is 0 Å². The molecule has 0 unspecified atom stereocenters. The molecule has 39 heavy (non-hydrogen) atoms. The van der Waals surface area contributed by atoms with Crippen LogP contribution in [-0.2, 0) is 24.5 Å². The quantitative estimate of drug-likeness (QED) is 0.445. The lowest BCUT2D eigenvalue weighted by molar-refractivity contribution is -0.150. The number of methoxy groups -OCH3 is 1. The summed E-state index contributed by atoms with van der Waals surface area (Å²) in [5, 5.41) is 3.01. The molecular weight excluding hydrogens is 500 g/mol. The van der Waals surface area contributed by atoms with Crippen LogP contribution in [0.1, 0.15) is 71.9 Å². The Bertz CT molecular complexity index is 1120. The molecular formula is C29H42N4O6. The highest BCUT2D eigenvalue weighted by Crippen LogP contribution is 2.47. The lowest BCUT2D eigenvalue weighted by atomic mass is 9.92. The number of rotatable bonds is 5. The van der Waals surface area contributed by atoms with Gasteiger partial charge in [0.1, 0.15) is 11.6 Å². The SMILES string of the molecule is CCOC(=O)[C@@]12C[C@@H]1/C=C\CCCCN(C)C(=O)[C@@H]1C[C@H](Oc3cc(C(C)(C)C)nc(OC)n3)C[C@H]1C(=O)N2. The summed E-state index contributed by atoms with van der Waals surface area (Å²) in [7, 11) is 3.29. The van der Waals surface area contributed by atoms with Crippen molar-refractivity contribution in [2.24, 2.45) is 17.8 Å². The van der Waals surface area contributed by atoms with Crippen molar-refractivity contribution in [1.82, 2.24) is 20.2 Å². The first kappa shape index (κ1) is 28.8. The maximum absolute atomic E-state index is 13.7. The summed E-state index contributed by atoms with van der Waals surface area (Å²) in [6.45, 7) is 8.72. The number of hydrogen-bond acceptors (Lipinski definition) is 8. The summed E-state index contributed by atoms with van der Waals surface area (Å²) in [4.78, 5) is 50.8. The Labute approximate surface area is 230 Å². The maximum atomic E-state index is 13.7. The maximum Gasteiger partial charge on any atom is 0.332 e. The minimum atomic E-state index is -1.08. The first-order valence-electron chi connectivity index (χ1n) is 14.0. The average Bonchev–Trinajstić information content (AvgIpc) is 3.42. The highest BCUT2D eigenvalue weighted by Gasteiger charge is 2.62. The van der Waals surface area contributed by atoms with Crippen LogP contribution in [0.4, 0.5) is 0 Å². The molecule has 1 N–H and O–H groups in total. The number of amides is 2. The van der Waals surface area contributed by atoms with E-state index in [1.165, 1.54) is 7.11 Å². The largest absolute Gasteiger partial charge is 0.474 e. The molecule has 214 valence electrons. The van der Waals surface area contributed by atoms with Crippen molar-refractivity contribution in [1.29, 1.82) is 0 Å².